The molecule has 0 radical (unpaired) electrons. The molecule has 1 saturated heterocycles. The molecule has 4 aromatic carbocycles. The number of rotatable bonds is 12. The molecule has 3 atom stereocenters. The molecule has 2 N–H and O–H groups in total. The predicted octanol–water partition coefficient (Wildman–Crippen LogP) is 7.68. The molecule has 1 amide bonds. The first kappa shape index (κ1) is 37.8. The molecule has 1 heterocycles. The summed E-state index contributed by atoms with van der Waals surface area (Å²) in [6, 6.07) is 15.0. The molecule has 7 nitrogen and oxygen atoms in total. The van der Waals surface area contributed by atoms with E-state index in [9.17, 15) is 39.6 Å². The average molecular weight is 738 g/mol. The fraction of sp³-hybridized carbons (Fsp3) is 0.306. The second-order valence-electron chi connectivity index (χ2n) is 12.2. The van der Waals surface area contributed by atoms with E-state index in [2.05, 4.69) is 15.4 Å². The van der Waals surface area contributed by atoms with Crippen molar-refractivity contribution < 1.29 is 48.7 Å². The number of hydrogen-bond acceptors (Lipinski definition) is 5. The summed E-state index contributed by atoms with van der Waals surface area (Å²) in [6.45, 7) is 2.29. The van der Waals surface area contributed by atoms with E-state index in [0.717, 1.165) is 36.4 Å². The van der Waals surface area contributed by atoms with Crippen LogP contribution < -0.4 is 15.4 Å². The summed E-state index contributed by atoms with van der Waals surface area (Å²) in [6.07, 6.45) is -4.60. The van der Waals surface area contributed by atoms with E-state index >= 15 is 4.39 Å². The number of alkyl halides is 3. The van der Waals surface area contributed by atoms with Crippen LogP contribution in [0.4, 0.5) is 36.4 Å². The Morgan fingerprint density at radius 2 is 1.57 bits per heavy atom. The maximum atomic E-state index is 15.2. The van der Waals surface area contributed by atoms with Crippen molar-refractivity contribution in [2.45, 2.75) is 61.9 Å². The number of hydrogen-bond donors (Lipinski definition) is 2. The van der Waals surface area contributed by atoms with Gasteiger partial charge in [-0.15, -0.1) is 13.2 Å². The number of carbonyl (C=O) groups excluding carboxylic acids is 1. The number of anilines is 1. The fourth-order valence-corrected chi connectivity index (χ4v) is 8.17. The van der Waals surface area contributed by atoms with Gasteiger partial charge in [-0.05, 0) is 98.0 Å². The highest BCUT2D eigenvalue weighted by atomic mass is 32.2. The maximum absolute atomic E-state index is 15.2. The van der Waals surface area contributed by atoms with Crippen LogP contribution >= 0.6 is 0 Å². The van der Waals surface area contributed by atoms with Crippen molar-refractivity contribution in [3.05, 3.63) is 125 Å². The van der Waals surface area contributed by atoms with Crippen LogP contribution in [0, 0.1) is 23.3 Å². The maximum Gasteiger partial charge on any atom is 0.573 e. The largest absolute Gasteiger partial charge is 0.573 e. The van der Waals surface area contributed by atoms with Gasteiger partial charge in [0.15, 0.2) is 0 Å². The molecule has 0 aromatic heterocycles. The Kier molecular flexibility index (Phi) is 11.7. The van der Waals surface area contributed by atoms with E-state index < -0.39 is 69.3 Å². The van der Waals surface area contributed by atoms with E-state index in [1.165, 1.54) is 46.8 Å². The van der Waals surface area contributed by atoms with Crippen LogP contribution in [0.3, 0.4) is 0 Å². The Labute approximate surface area is 290 Å². The molecule has 1 aliphatic rings. The molecule has 0 aliphatic carbocycles. The van der Waals surface area contributed by atoms with Gasteiger partial charge < -0.3 is 15.4 Å². The zero-order valence-electron chi connectivity index (χ0n) is 27.2. The summed E-state index contributed by atoms with van der Waals surface area (Å²) in [7, 11) is -4.16. The summed E-state index contributed by atoms with van der Waals surface area (Å²) in [5.74, 6) is -4.89. The second kappa shape index (κ2) is 15.8. The molecule has 0 saturated carbocycles. The molecule has 0 spiro atoms. The lowest BCUT2D eigenvalue weighted by atomic mass is 9.88. The van der Waals surface area contributed by atoms with Crippen molar-refractivity contribution in [1.29, 1.82) is 0 Å². The Hall–Kier alpha value is -4.47. The second-order valence-corrected chi connectivity index (χ2v) is 14.1. The zero-order valence-corrected chi connectivity index (χ0v) is 28.0. The molecule has 272 valence electrons. The summed E-state index contributed by atoms with van der Waals surface area (Å²) in [4.78, 5) is 13.2. The van der Waals surface area contributed by atoms with Crippen LogP contribution in [0.15, 0.2) is 89.8 Å². The van der Waals surface area contributed by atoms with Gasteiger partial charge in [0.05, 0.1) is 4.90 Å². The number of nitrogens with one attached hydrogen (secondary N) is 2. The van der Waals surface area contributed by atoms with E-state index in [4.69, 9.17) is 0 Å². The molecule has 1 aliphatic heterocycles. The van der Waals surface area contributed by atoms with Crippen LogP contribution in [0.1, 0.15) is 48.8 Å². The summed E-state index contributed by atoms with van der Waals surface area (Å²) >= 11 is 0. The van der Waals surface area contributed by atoms with Gasteiger partial charge in [-0.1, -0.05) is 18.2 Å². The summed E-state index contributed by atoms with van der Waals surface area (Å²) in [5.41, 5.74) is 0.891. The van der Waals surface area contributed by atoms with Gasteiger partial charge in [-0.2, -0.15) is 4.31 Å². The molecule has 5 rings (SSSR count). The lowest BCUT2D eigenvalue weighted by Crippen LogP contribution is -2.58. The van der Waals surface area contributed by atoms with Gasteiger partial charge in [0.1, 0.15) is 29.0 Å². The molecule has 51 heavy (non-hydrogen) atoms. The Morgan fingerprint density at radius 3 is 2.22 bits per heavy atom. The molecular weight excluding hydrogens is 703 g/mol. The number of sulfonamides is 1. The van der Waals surface area contributed by atoms with E-state index in [-0.39, 0.29) is 53.9 Å². The number of nitrogens with zero attached hydrogens (tertiary/aromatic N) is 1. The molecular formula is C36H34F7N3O4S. The number of piperazine rings is 1. The third-order valence-corrected chi connectivity index (χ3v) is 10.6. The standard InChI is InChI=1S/C36H34F7N3O4S/c1-22-20-44-21-28(46(22)51(48,49)30-14-12-29(13-15-30)50-36(41,42)43)4-2-5-31-33(40)6-3-7-34(31)45-35(47)19-32(23-8-10-25(37)11-9-23)24-16-26(38)18-27(39)17-24/h3,6-18,22,28,32,44H,2,4-5,19-21H2,1H3,(H,45,47). The number of benzene rings is 4. The Morgan fingerprint density at radius 1 is 0.902 bits per heavy atom. The summed E-state index contributed by atoms with van der Waals surface area (Å²) < 4.78 is 127. The first-order valence-corrected chi connectivity index (χ1v) is 17.4. The van der Waals surface area contributed by atoms with Gasteiger partial charge in [0.25, 0.3) is 0 Å². The monoisotopic (exact) mass is 737 g/mol. The van der Waals surface area contributed by atoms with Crippen LogP contribution in [0.5, 0.6) is 5.75 Å². The molecule has 3 unspecified atom stereocenters. The van der Waals surface area contributed by atoms with E-state index in [1.807, 2.05) is 0 Å². The Bertz CT molecular complexity index is 1920. The van der Waals surface area contributed by atoms with Gasteiger partial charge in [0.2, 0.25) is 15.9 Å². The van der Waals surface area contributed by atoms with Gasteiger partial charge in [0, 0.05) is 54.8 Å². The van der Waals surface area contributed by atoms with E-state index in [1.54, 1.807) is 6.92 Å². The smallest absolute Gasteiger partial charge is 0.406 e. The zero-order chi connectivity index (χ0) is 36.9. The van der Waals surface area contributed by atoms with Crippen molar-refractivity contribution in [2.75, 3.05) is 18.4 Å². The van der Waals surface area contributed by atoms with Crippen molar-refractivity contribution in [2.24, 2.45) is 0 Å². The lowest BCUT2D eigenvalue weighted by molar-refractivity contribution is -0.274. The number of carbonyl (C=O) groups is 1. The number of ether oxygens (including phenoxy) is 1. The first-order chi connectivity index (χ1) is 24.1. The van der Waals surface area contributed by atoms with Crippen LogP contribution in [0.25, 0.3) is 0 Å². The van der Waals surface area contributed by atoms with Crippen LogP contribution in [0.2, 0.25) is 0 Å². The van der Waals surface area contributed by atoms with Crippen molar-refractivity contribution in [3.63, 3.8) is 0 Å². The minimum atomic E-state index is -4.94. The molecule has 4 aromatic rings. The van der Waals surface area contributed by atoms with Gasteiger partial charge in [-0.3, -0.25) is 4.79 Å². The fourth-order valence-electron chi connectivity index (χ4n) is 6.33. The van der Waals surface area contributed by atoms with Crippen molar-refractivity contribution >= 4 is 21.6 Å². The van der Waals surface area contributed by atoms with E-state index in [0.29, 0.717) is 18.2 Å². The normalized spacial score (nSPS) is 17.6. The first-order valence-electron chi connectivity index (χ1n) is 16.0. The van der Waals surface area contributed by atoms with Gasteiger partial charge >= 0.3 is 6.36 Å². The highest BCUT2D eigenvalue weighted by Gasteiger charge is 2.38. The van der Waals surface area contributed by atoms with Crippen molar-refractivity contribution in [1.82, 2.24) is 9.62 Å². The van der Waals surface area contributed by atoms with Gasteiger partial charge in [-0.25, -0.2) is 26.0 Å². The molecule has 15 heteroatoms. The van der Waals surface area contributed by atoms with Crippen LogP contribution in [-0.4, -0.2) is 50.2 Å². The van der Waals surface area contributed by atoms with Crippen LogP contribution in [-0.2, 0) is 21.2 Å². The topological polar surface area (TPSA) is 87.7 Å². The quantitative estimate of drug-likeness (QED) is 0.146. The third kappa shape index (κ3) is 9.65. The molecule has 1 fully saturated rings. The highest BCUT2D eigenvalue weighted by Crippen LogP contribution is 2.32. The summed E-state index contributed by atoms with van der Waals surface area (Å²) in [5, 5.41) is 5.87. The average Bonchev–Trinajstić information content (AvgIpc) is 3.04. The number of amides is 1. The highest BCUT2D eigenvalue weighted by molar-refractivity contribution is 7.89. The minimum absolute atomic E-state index is 0.0982. The predicted molar refractivity (Wildman–Crippen MR) is 175 cm³/mol. The number of halogens is 7. The molecule has 0 bridgehead atoms. The minimum Gasteiger partial charge on any atom is -0.406 e. The third-order valence-electron chi connectivity index (χ3n) is 8.55. The Balaban J connectivity index is 1.29. The van der Waals surface area contributed by atoms with Crippen molar-refractivity contribution in [3.8, 4) is 5.75 Å². The SMILES string of the molecule is CC1CNCC(CCCc2c(F)cccc2NC(=O)CC(c2ccc(F)cc2)c2cc(F)cc(F)c2)N1S(=O)(=O)c1ccc(OC(F)(F)F)cc1. The lowest BCUT2D eigenvalue weighted by Gasteiger charge is -2.40.